The molecule has 2 rings (SSSR count). The SMILES string of the molecule is COc1cc(C)c(C[C@@H]2SC(=O)N(CC(C)C)C2=O)cc1C(C)C. The summed E-state index contributed by atoms with van der Waals surface area (Å²) in [5.74, 6) is 1.45. The van der Waals surface area contributed by atoms with Crippen LogP contribution >= 0.6 is 11.8 Å². The maximum atomic E-state index is 12.6. The number of rotatable bonds is 6. The smallest absolute Gasteiger partial charge is 0.289 e. The van der Waals surface area contributed by atoms with Gasteiger partial charge < -0.3 is 4.74 Å². The summed E-state index contributed by atoms with van der Waals surface area (Å²) in [7, 11) is 1.68. The van der Waals surface area contributed by atoms with E-state index in [1.165, 1.54) is 4.90 Å². The highest BCUT2D eigenvalue weighted by Crippen LogP contribution is 2.34. The number of amides is 2. The molecule has 24 heavy (non-hydrogen) atoms. The van der Waals surface area contributed by atoms with E-state index in [-0.39, 0.29) is 22.3 Å². The summed E-state index contributed by atoms with van der Waals surface area (Å²) in [6, 6.07) is 4.16. The van der Waals surface area contributed by atoms with Crippen molar-refractivity contribution in [2.24, 2.45) is 5.92 Å². The number of hydrogen-bond donors (Lipinski definition) is 0. The van der Waals surface area contributed by atoms with Crippen LogP contribution in [0, 0.1) is 12.8 Å². The maximum absolute atomic E-state index is 12.6. The first-order chi connectivity index (χ1) is 11.2. The number of imide groups is 1. The van der Waals surface area contributed by atoms with Crippen molar-refractivity contribution in [2.45, 2.75) is 52.2 Å². The number of nitrogens with zero attached hydrogens (tertiary/aromatic N) is 1. The molecule has 1 fully saturated rings. The Morgan fingerprint density at radius 2 is 1.88 bits per heavy atom. The van der Waals surface area contributed by atoms with Gasteiger partial charge in [0.25, 0.3) is 5.24 Å². The van der Waals surface area contributed by atoms with Crippen molar-refractivity contribution in [3.05, 3.63) is 28.8 Å². The van der Waals surface area contributed by atoms with E-state index in [4.69, 9.17) is 4.74 Å². The standard InChI is InChI=1S/C19H27NO3S/c1-11(2)10-20-18(21)17(24-19(20)22)9-14-8-15(12(3)4)16(23-6)7-13(14)5/h7-8,11-12,17H,9-10H2,1-6H3/t17-/m0/s1. The van der Waals surface area contributed by atoms with Crippen molar-refractivity contribution in [1.29, 1.82) is 0 Å². The van der Waals surface area contributed by atoms with Crippen LogP contribution in [-0.2, 0) is 11.2 Å². The van der Waals surface area contributed by atoms with Gasteiger partial charge in [-0.25, -0.2) is 0 Å². The zero-order chi connectivity index (χ0) is 18.0. The molecule has 1 heterocycles. The number of carbonyl (C=O) groups is 2. The van der Waals surface area contributed by atoms with E-state index < -0.39 is 0 Å². The van der Waals surface area contributed by atoms with Crippen molar-refractivity contribution in [1.82, 2.24) is 4.90 Å². The van der Waals surface area contributed by atoms with Crippen molar-refractivity contribution < 1.29 is 14.3 Å². The van der Waals surface area contributed by atoms with Crippen LogP contribution in [0.25, 0.3) is 0 Å². The number of ether oxygens (including phenoxy) is 1. The molecule has 1 aliphatic rings. The van der Waals surface area contributed by atoms with Gasteiger partial charge in [-0.15, -0.1) is 0 Å². The molecule has 4 nitrogen and oxygen atoms in total. The number of carbonyl (C=O) groups excluding carboxylic acids is 2. The number of thioether (sulfide) groups is 1. The molecule has 5 heteroatoms. The van der Waals surface area contributed by atoms with E-state index in [1.54, 1.807) is 7.11 Å². The van der Waals surface area contributed by atoms with Gasteiger partial charge >= 0.3 is 0 Å². The molecular formula is C19H27NO3S. The fraction of sp³-hybridized carbons (Fsp3) is 0.579. The third kappa shape index (κ3) is 3.94. The lowest BCUT2D eigenvalue weighted by molar-refractivity contribution is -0.127. The third-order valence-corrected chi connectivity index (χ3v) is 5.34. The highest BCUT2D eigenvalue weighted by Gasteiger charge is 2.39. The molecule has 0 N–H and O–H groups in total. The zero-order valence-corrected chi connectivity index (χ0v) is 16.2. The van der Waals surface area contributed by atoms with Crippen molar-refractivity contribution >= 4 is 22.9 Å². The van der Waals surface area contributed by atoms with Crippen LogP contribution in [0.2, 0.25) is 0 Å². The largest absolute Gasteiger partial charge is 0.496 e. The predicted octanol–water partition coefficient (Wildman–Crippen LogP) is 4.39. The summed E-state index contributed by atoms with van der Waals surface area (Å²) in [5, 5.41) is -0.433. The molecule has 0 saturated carbocycles. The molecule has 1 aromatic rings. The second kappa shape index (κ2) is 7.60. The molecule has 1 aliphatic heterocycles. The first kappa shape index (κ1) is 18.8. The summed E-state index contributed by atoms with van der Waals surface area (Å²) in [4.78, 5) is 26.1. The molecule has 0 radical (unpaired) electrons. The summed E-state index contributed by atoms with van der Waals surface area (Å²) < 4.78 is 5.48. The second-order valence-electron chi connectivity index (χ2n) is 7.09. The fourth-order valence-corrected chi connectivity index (χ4v) is 3.98. The Bertz CT molecular complexity index is 640. The lowest BCUT2D eigenvalue weighted by Gasteiger charge is -2.18. The van der Waals surface area contributed by atoms with Crippen molar-refractivity contribution in [3.8, 4) is 5.75 Å². The summed E-state index contributed by atoms with van der Waals surface area (Å²) in [6.45, 7) is 10.8. The van der Waals surface area contributed by atoms with Gasteiger partial charge in [-0.05, 0) is 47.9 Å². The Balaban J connectivity index is 2.24. The molecule has 0 aromatic heterocycles. The number of benzene rings is 1. The Kier molecular flexibility index (Phi) is 5.97. The normalized spacial score (nSPS) is 18.2. The van der Waals surface area contributed by atoms with E-state index in [1.807, 2.05) is 26.8 Å². The van der Waals surface area contributed by atoms with E-state index in [9.17, 15) is 9.59 Å². The van der Waals surface area contributed by atoms with Gasteiger partial charge in [0.15, 0.2) is 0 Å². The molecule has 1 atom stereocenters. The minimum absolute atomic E-state index is 0.0555. The second-order valence-corrected chi connectivity index (χ2v) is 8.25. The van der Waals surface area contributed by atoms with Crippen molar-refractivity contribution in [2.75, 3.05) is 13.7 Å². The molecule has 1 aromatic carbocycles. The minimum atomic E-state index is -0.316. The monoisotopic (exact) mass is 349 g/mol. The Morgan fingerprint density at radius 3 is 2.42 bits per heavy atom. The Morgan fingerprint density at radius 1 is 1.21 bits per heavy atom. The molecule has 0 aliphatic carbocycles. The van der Waals surface area contributed by atoms with Crippen LogP contribution in [0.3, 0.4) is 0 Å². The van der Waals surface area contributed by atoms with Crippen LogP contribution in [0.4, 0.5) is 4.79 Å². The van der Waals surface area contributed by atoms with E-state index in [0.717, 1.165) is 34.2 Å². The molecule has 1 saturated heterocycles. The van der Waals surface area contributed by atoms with Gasteiger partial charge in [0.2, 0.25) is 5.91 Å². The molecule has 0 bridgehead atoms. The van der Waals surface area contributed by atoms with Gasteiger partial charge in [-0.3, -0.25) is 14.5 Å². The maximum Gasteiger partial charge on any atom is 0.289 e. The van der Waals surface area contributed by atoms with Crippen LogP contribution in [0.15, 0.2) is 12.1 Å². The molecule has 132 valence electrons. The summed E-state index contributed by atoms with van der Waals surface area (Å²) >= 11 is 1.16. The molecule has 2 amide bonds. The average Bonchev–Trinajstić information content (AvgIpc) is 2.75. The fourth-order valence-electron chi connectivity index (χ4n) is 2.95. The van der Waals surface area contributed by atoms with Crippen LogP contribution < -0.4 is 4.74 Å². The zero-order valence-electron chi connectivity index (χ0n) is 15.4. The average molecular weight is 349 g/mol. The molecular weight excluding hydrogens is 322 g/mol. The minimum Gasteiger partial charge on any atom is -0.496 e. The predicted molar refractivity (Wildman–Crippen MR) is 98.9 cm³/mol. The van der Waals surface area contributed by atoms with Crippen LogP contribution in [0.5, 0.6) is 5.75 Å². The first-order valence-corrected chi connectivity index (χ1v) is 9.32. The number of methoxy groups -OCH3 is 1. The lowest BCUT2D eigenvalue weighted by Crippen LogP contribution is -2.35. The summed E-state index contributed by atoms with van der Waals surface area (Å²) in [6.07, 6.45) is 0.583. The highest BCUT2D eigenvalue weighted by atomic mass is 32.2. The number of hydrogen-bond acceptors (Lipinski definition) is 4. The third-order valence-electron chi connectivity index (χ3n) is 4.27. The van der Waals surface area contributed by atoms with Gasteiger partial charge in [0.05, 0.1) is 12.4 Å². The van der Waals surface area contributed by atoms with Gasteiger partial charge in [-0.2, -0.15) is 0 Å². The number of aryl methyl sites for hydroxylation is 1. The van der Waals surface area contributed by atoms with Crippen LogP contribution in [0.1, 0.15) is 50.3 Å². The Labute approximate surface area is 148 Å². The van der Waals surface area contributed by atoms with Crippen LogP contribution in [-0.4, -0.2) is 35.0 Å². The molecule has 0 unspecified atom stereocenters. The van der Waals surface area contributed by atoms with E-state index in [0.29, 0.717) is 18.9 Å². The summed E-state index contributed by atoms with van der Waals surface area (Å²) in [5.41, 5.74) is 3.35. The topological polar surface area (TPSA) is 46.6 Å². The van der Waals surface area contributed by atoms with Gasteiger partial charge in [0, 0.05) is 6.54 Å². The van der Waals surface area contributed by atoms with Gasteiger partial charge in [0.1, 0.15) is 5.75 Å². The van der Waals surface area contributed by atoms with E-state index >= 15 is 0 Å². The van der Waals surface area contributed by atoms with E-state index in [2.05, 4.69) is 19.9 Å². The lowest BCUT2D eigenvalue weighted by atomic mass is 9.94. The highest BCUT2D eigenvalue weighted by molar-refractivity contribution is 8.15. The first-order valence-electron chi connectivity index (χ1n) is 8.44. The van der Waals surface area contributed by atoms with Crippen molar-refractivity contribution in [3.63, 3.8) is 0 Å². The quantitative estimate of drug-likeness (QED) is 0.764. The molecule has 0 spiro atoms. The Hall–Kier alpha value is -1.49. The van der Waals surface area contributed by atoms with Gasteiger partial charge in [-0.1, -0.05) is 45.5 Å².